The summed E-state index contributed by atoms with van der Waals surface area (Å²) in [7, 11) is 0. The van der Waals surface area contributed by atoms with Crippen molar-refractivity contribution in [3.05, 3.63) is 59.2 Å². The molecule has 0 amide bonds. The molecule has 0 aliphatic rings. The maximum absolute atomic E-state index is 13.5. The summed E-state index contributed by atoms with van der Waals surface area (Å²) in [5.74, 6) is -0.210. The molecule has 1 heterocycles. The van der Waals surface area contributed by atoms with Gasteiger partial charge in [0.15, 0.2) is 0 Å². The highest BCUT2D eigenvalue weighted by Crippen LogP contribution is 2.21. The first kappa shape index (κ1) is 13.0. The molecular formula is C15H14FN3. The number of aromatic nitrogens is 1. The number of nitrogens with one attached hydrogen (secondary N) is 1. The first-order valence-electron chi connectivity index (χ1n) is 5.99. The average molecular weight is 255 g/mol. The number of nitriles is 1. The van der Waals surface area contributed by atoms with Crippen LogP contribution in [0.25, 0.3) is 0 Å². The Balaban J connectivity index is 2.18. The first-order valence-corrected chi connectivity index (χ1v) is 5.99. The predicted octanol–water partition coefficient (Wildman–Crippen LogP) is 3.57. The van der Waals surface area contributed by atoms with Crippen LogP contribution in [0.5, 0.6) is 0 Å². The third-order valence-electron chi connectivity index (χ3n) is 2.95. The van der Waals surface area contributed by atoms with Gasteiger partial charge in [-0.25, -0.2) is 9.37 Å². The fraction of sp³-hybridized carbons (Fsp3) is 0.200. The Morgan fingerprint density at radius 3 is 2.79 bits per heavy atom. The molecule has 0 spiro atoms. The first-order chi connectivity index (χ1) is 9.10. The van der Waals surface area contributed by atoms with E-state index in [1.54, 1.807) is 31.3 Å². The van der Waals surface area contributed by atoms with Crippen molar-refractivity contribution >= 4 is 5.69 Å². The normalized spacial score (nSPS) is 11.7. The van der Waals surface area contributed by atoms with E-state index in [0.29, 0.717) is 11.3 Å². The highest BCUT2D eigenvalue weighted by Gasteiger charge is 2.08. The van der Waals surface area contributed by atoms with Gasteiger partial charge in [-0.2, -0.15) is 5.26 Å². The van der Waals surface area contributed by atoms with Gasteiger partial charge in [-0.05, 0) is 43.2 Å². The van der Waals surface area contributed by atoms with E-state index < -0.39 is 0 Å². The molecule has 1 aromatic heterocycles. The van der Waals surface area contributed by atoms with E-state index in [1.165, 1.54) is 6.07 Å². The summed E-state index contributed by atoms with van der Waals surface area (Å²) in [6, 6.07) is 10.6. The second kappa shape index (κ2) is 5.49. The summed E-state index contributed by atoms with van der Waals surface area (Å²) >= 11 is 0. The Labute approximate surface area is 111 Å². The van der Waals surface area contributed by atoms with E-state index in [4.69, 9.17) is 5.26 Å². The lowest BCUT2D eigenvalue weighted by Crippen LogP contribution is -2.07. The Morgan fingerprint density at radius 2 is 2.11 bits per heavy atom. The highest BCUT2D eigenvalue weighted by molar-refractivity contribution is 5.47. The van der Waals surface area contributed by atoms with Gasteiger partial charge in [-0.3, -0.25) is 0 Å². The SMILES string of the molecule is Cc1ccc(C(C)Nc2ccnc(C#N)c2)cc1F. The fourth-order valence-electron chi connectivity index (χ4n) is 1.79. The number of halogens is 1. The van der Waals surface area contributed by atoms with E-state index in [-0.39, 0.29) is 11.9 Å². The highest BCUT2D eigenvalue weighted by atomic mass is 19.1. The van der Waals surface area contributed by atoms with Crippen LogP contribution in [0.2, 0.25) is 0 Å². The van der Waals surface area contributed by atoms with Crippen molar-refractivity contribution in [3.63, 3.8) is 0 Å². The monoisotopic (exact) mass is 255 g/mol. The van der Waals surface area contributed by atoms with E-state index in [1.807, 2.05) is 19.1 Å². The second-order valence-corrected chi connectivity index (χ2v) is 4.42. The molecule has 1 aromatic carbocycles. The molecule has 0 saturated heterocycles. The topological polar surface area (TPSA) is 48.7 Å². The second-order valence-electron chi connectivity index (χ2n) is 4.42. The Bertz CT molecular complexity index is 632. The molecule has 4 heteroatoms. The van der Waals surface area contributed by atoms with Gasteiger partial charge in [0, 0.05) is 17.9 Å². The zero-order chi connectivity index (χ0) is 13.8. The van der Waals surface area contributed by atoms with Crippen molar-refractivity contribution in [2.24, 2.45) is 0 Å². The summed E-state index contributed by atoms with van der Waals surface area (Å²) in [4.78, 5) is 3.90. The van der Waals surface area contributed by atoms with Crippen LogP contribution in [0.15, 0.2) is 36.5 Å². The summed E-state index contributed by atoms with van der Waals surface area (Å²) < 4.78 is 13.5. The number of hydrogen-bond donors (Lipinski definition) is 1. The molecule has 2 aromatic rings. The van der Waals surface area contributed by atoms with E-state index in [2.05, 4.69) is 10.3 Å². The van der Waals surface area contributed by atoms with Gasteiger partial charge in [0.25, 0.3) is 0 Å². The van der Waals surface area contributed by atoms with Crippen LogP contribution in [-0.2, 0) is 0 Å². The minimum atomic E-state index is -0.210. The lowest BCUT2D eigenvalue weighted by atomic mass is 10.1. The van der Waals surface area contributed by atoms with Gasteiger partial charge in [0.05, 0.1) is 0 Å². The minimum absolute atomic E-state index is 0.0518. The third kappa shape index (κ3) is 3.08. The zero-order valence-electron chi connectivity index (χ0n) is 10.8. The molecule has 0 bridgehead atoms. The van der Waals surface area contributed by atoms with Crippen molar-refractivity contribution in [1.82, 2.24) is 4.98 Å². The minimum Gasteiger partial charge on any atom is -0.378 e. The van der Waals surface area contributed by atoms with Crippen LogP contribution in [-0.4, -0.2) is 4.98 Å². The van der Waals surface area contributed by atoms with Crippen LogP contribution >= 0.6 is 0 Å². The van der Waals surface area contributed by atoms with Gasteiger partial charge in [0.2, 0.25) is 0 Å². The predicted molar refractivity (Wildman–Crippen MR) is 72.1 cm³/mol. The molecule has 3 nitrogen and oxygen atoms in total. The van der Waals surface area contributed by atoms with Crippen LogP contribution < -0.4 is 5.32 Å². The summed E-state index contributed by atoms with van der Waals surface area (Å²) in [6.07, 6.45) is 1.57. The smallest absolute Gasteiger partial charge is 0.142 e. The third-order valence-corrected chi connectivity index (χ3v) is 2.95. The molecular weight excluding hydrogens is 241 g/mol. The number of aryl methyl sites for hydroxylation is 1. The molecule has 1 unspecified atom stereocenters. The van der Waals surface area contributed by atoms with E-state index in [0.717, 1.165) is 11.3 Å². The van der Waals surface area contributed by atoms with Crippen LogP contribution in [0.4, 0.5) is 10.1 Å². The quantitative estimate of drug-likeness (QED) is 0.912. The van der Waals surface area contributed by atoms with Crippen molar-refractivity contribution < 1.29 is 4.39 Å². The molecule has 19 heavy (non-hydrogen) atoms. The van der Waals surface area contributed by atoms with Crippen molar-refractivity contribution in [2.45, 2.75) is 19.9 Å². The molecule has 0 saturated carbocycles. The lowest BCUT2D eigenvalue weighted by Gasteiger charge is -2.16. The molecule has 1 atom stereocenters. The van der Waals surface area contributed by atoms with Crippen LogP contribution in [0, 0.1) is 24.1 Å². The maximum Gasteiger partial charge on any atom is 0.142 e. The summed E-state index contributed by atoms with van der Waals surface area (Å²) in [5, 5.41) is 12.0. The summed E-state index contributed by atoms with van der Waals surface area (Å²) in [5.41, 5.74) is 2.64. The maximum atomic E-state index is 13.5. The molecule has 2 rings (SSSR count). The number of nitrogens with zero attached hydrogens (tertiary/aromatic N) is 2. The number of hydrogen-bond acceptors (Lipinski definition) is 3. The molecule has 96 valence electrons. The van der Waals surface area contributed by atoms with E-state index >= 15 is 0 Å². The van der Waals surface area contributed by atoms with Gasteiger partial charge in [-0.1, -0.05) is 12.1 Å². The standard InChI is InChI=1S/C15H14FN3/c1-10-3-4-12(7-15(10)16)11(2)19-13-5-6-18-14(8-13)9-17/h3-8,11H,1-2H3,(H,18,19). The van der Waals surface area contributed by atoms with Crippen LogP contribution in [0.1, 0.15) is 29.8 Å². The van der Waals surface area contributed by atoms with Crippen molar-refractivity contribution in [2.75, 3.05) is 5.32 Å². The van der Waals surface area contributed by atoms with Crippen molar-refractivity contribution in [1.29, 1.82) is 5.26 Å². The fourth-order valence-corrected chi connectivity index (χ4v) is 1.79. The van der Waals surface area contributed by atoms with Crippen molar-refractivity contribution in [3.8, 4) is 6.07 Å². The Kier molecular flexibility index (Phi) is 3.76. The number of anilines is 1. The van der Waals surface area contributed by atoms with E-state index in [9.17, 15) is 4.39 Å². The molecule has 0 fully saturated rings. The Hall–Kier alpha value is -2.41. The van der Waals surface area contributed by atoms with Gasteiger partial charge < -0.3 is 5.32 Å². The number of rotatable bonds is 3. The molecule has 0 radical (unpaired) electrons. The van der Waals surface area contributed by atoms with Gasteiger partial charge in [-0.15, -0.1) is 0 Å². The molecule has 0 aliphatic heterocycles. The average Bonchev–Trinajstić information content (AvgIpc) is 2.42. The molecule has 1 N–H and O–H groups in total. The number of benzene rings is 1. The van der Waals surface area contributed by atoms with Gasteiger partial charge in [0.1, 0.15) is 17.6 Å². The Morgan fingerprint density at radius 1 is 1.32 bits per heavy atom. The van der Waals surface area contributed by atoms with Crippen LogP contribution in [0.3, 0.4) is 0 Å². The molecule has 0 aliphatic carbocycles. The lowest BCUT2D eigenvalue weighted by molar-refractivity contribution is 0.614. The number of pyridine rings is 1. The summed E-state index contributed by atoms with van der Waals surface area (Å²) in [6.45, 7) is 3.68. The zero-order valence-corrected chi connectivity index (χ0v) is 10.8. The van der Waals surface area contributed by atoms with Gasteiger partial charge >= 0.3 is 0 Å². The largest absolute Gasteiger partial charge is 0.378 e.